The zero-order valence-electron chi connectivity index (χ0n) is 12.0. The van der Waals surface area contributed by atoms with Gasteiger partial charge in [0.15, 0.2) is 0 Å². The van der Waals surface area contributed by atoms with Gasteiger partial charge in [0.2, 0.25) is 0 Å². The molecule has 0 saturated heterocycles. The van der Waals surface area contributed by atoms with E-state index in [1.807, 2.05) is 30.8 Å². The SMILES string of the molecule is Cc1ccc(OCCc2nccn2C)c(/C=C/C(=O)O)n1. The molecule has 0 unspecified atom stereocenters. The van der Waals surface area contributed by atoms with Crippen LogP contribution in [0.2, 0.25) is 0 Å². The lowest BCUT2D eigenvalue weighted by Gasteiger charge is -2.09. The molecular formula is C15H17N3O3. The van der Waals surface area contributed by atoms with E-state index in [-0.39, 0.29) is 0 Å². The summed E-state index contributed by atoms with van der Waals surface area (Å²) in [5.41, 5.74) is 1.31. The molecular weight excluding hydrogens is 270 g/mol. The number of aryl methyl sites for hydroxylation is 2. The number of imidazole rings is 1. The third-order valence-electron chi connectivity index (χ3n) is 2.91. The molecule has 0 amide bonds. The van der Waals surface area contributed by atoms with Gasteiger partial charge < -0.3 is 14.4 Å². The first-order valence-electron chi connectivity index (χ1n) is 6.54. The summed E-state index contributed by atoms with van der Waals surface area (Å²) in [6, 6.07) is 3.62. The molecule has 0 spiro atoms. The molecule has 2 rings (SSSR count). The molecule has 0 aromatic carbocycles. The molecule has 1 N–H and O–H groups in total. The Balaban J connectivity index is 2.05. The van der Waals surface area contributed by atoms with Crippen molar-refractivity contribution in [2.24, 2.45) is 7.05 Å². The van der Waals surface area contributed by atoms with Gasteiger partial charge >= 0.3 is 5.97 Å². The summed E-state index contributed by atoms with van der Waals surface area (Å²) in [6.45, 7) is 2.29. The Bertz CT molecular complexity index is 662. The lowest BCUT2D eigenvalue weighted by Crippen LogP contribution is -2.07. The van der Waals surface area contributed by atoms with Crippen LogP contribution in [0.25, 0.3) is 6.08 Å². The van der Waals surface area contributed by atoms with Crippen LogP contribution in [0.3, 0.4) is 0 Å². The monoisotopic (exact) mass is 287 g/mol. The third-order valence-corrected chi connectivity index (χ3v) is 2.91. The molecule has 0 saturated carbocycles. The van der Waals surface area contributed by atoms with Crippen LogP contribution in [-0.4, -0.2) is 32.2 Å². The Hall–Kier alpha value is -2.63. The average Bonchev–Trinajstić information content (AvgIpc) is 2.84. The fourth-order valence-electron chi connectivity index (χ4n) is 1.85. The number of carbonyl (C=O) groups is 1. The zero-order valence-corrected chi connectivity index (χ0v) is 12.0. The van der Waals surface area contributed by atoms with Gasteiger partial charge in [0.05, 0.1) is 6.61 Å². The highest BCUT2D eigenvalue weighted by Crippen LogP contribution is 2.18. The molecule has 0 radical (unpaired) electrons. The first kappa shape index (κ1) is 14.8. The van der Waals surface area contributed by atoms with Crippen LogP contribution in [0.4, 0.5) is 0 Å². The smallest absolute Gasteiger partial charge is 0.328 e. The van der Waals surface area contributed by atoms with Crippen LogP contribution in [0, 0.1) is 6.92 Å². The van der Waals surface area contributed by atoms with Crippen molar-refractivity contribution in [2.75, 3.05) is 6.61 Å². The fraction of sp³-hybridized carbons (Fsp3) is 0.267. The standard InChI is InChI=1S/C15H17N3O3/c1-11-3-5-13(12(17-11)4-6-15(19)20)21-10-7-14-16-8-9-18(14)2/h3-6,8-9H,7,10H2,1-2H3,(H,19,20)/b6-4+. The van der Waals surface area contributed by atoms with E-state index in [9.17, 15) is 4.79 Å². The molecule has 6 nitrogen and oxygen atoms in total. The second-order valence-corrected chi connectivity index (χ2v) is 4.56. The molecule has 21 heavy (non-hydrogen) atoms. The van der Waals surface area contributed by atoms with E-state index in [1.54, 1.807) is 12.3 Å². The van der Waals surface area contributed by atoms with E-state index < -0.39 is 5.97 Å². The molecule has 2 aromatic rings. The zero-order chi connectivity index (χ0) is 15.2. The van der Waals surface area contributed by atoms with Crippen LogP contribution in [0.15, 0.2) is 30.6 Å². The van der Waals surface area contributed by atoms with Gasteiger partial charge in [-0.15, -0.1) is 0 Å². The maximum absolute atomic E-state index is 10.6. The van der Waals surface area contributed by atoms with E-state index in [2.05, 4.69) is 9.97 Å². The van der Waals surface area contributed by atoms with Crippen molar-refractivity contribution < 1.29 is 14.6 Å². The van der Waals surface area contributed by atoms with E-state index in [4.69, 9.17) is 9.84 Å². The summed E-state index contributed by atoms with van der Waals surface area (Å²) < 4.78 is 7.63. The van der Waals surface area contributed by atoms with Gasteiger partial charge in [-0.25, -0.2) is 14.8 Å². The lowest BCUT2D eigenvalue weighted by atomic mass is 10.2. The van der Waals surface area contributed by atoms with Crippen LogP contribution in [-0.2, 0) is 18.3 Å². The molecule has 6 heteroatoms. The molecule has 110 valence electrons. The topological polar surface area (TPSA) is 77.2 Å². The lowest BCUT2D eigenvalue weighted by molar-refractivity contribution is -0.131. The normalized spacial score (nSPS) is 11.0. The molecule has 0 bridgehead atoms. The van der Waals surface area contributed by atoms with Crippen molar-refractivity contribution in [1.82, 2.24) is 14.5 Å². The quantitative estimate of drug-likeness (QED) is 0.820. The highest BCUT2D eigenvalue weighted by atomic mass is 16.5. The van der Waals surface area contributed by atoms with E-state index in [0.29, 0.717) is 24.5 Å². The molecule has 0 aliphatic heterocycles. The molecule has 0 atom stereocenters. The first-order chi connectivity index (χ1) is 10.1. The number of aliphatic carboxylic acids is 1. The Morgan fingerprint density at radius 3 is 2.95 bits per heavy atom. The summed E-state index contributed by atoms with van der Waals surface area (Å²) >= 11 is 0. The summed E-state index contributed by atoms with van der Waals surface area (Å²) in [5.74, 6) is 0.474. The first-order valence-corrected chi connectivity index (χ1v) is 6.54. The predicted molar refractivity (Wildman–Crippen MR) is 78.1 cm³/mol. The number of carboxylic acids is 1. The minimum absolute atomic E-state index is 0.448. The number of rotatable bonds is 6. The number of pyridine rings is 1. The van der Waals surface area contributed by atoms with Crippen molar-refractivity contribution in [2.45, 2.75) is 13.3 Å². The van der Waals surface area contributed by atoms with Crippen LogP contribution in [0.1, 0.15) is 17.2 Å². The highest BCUT2D eigenvalue weighted by Gasteiger charge is 2.05. The maximum atomic E-state index is 10.6. The minimum Gasteiger partial charge on any atom is -0.491 e. The third kappa shape index (κ3) is 4.17. The van der Waals surface area contributed by atoms with Crippen LogP contribution < -0.4 is 4.74 Å². The number of hydrogen-bond donors (Lipinski definition) is 1. The Morgan fingerprint density at radius 2 is 2.29 bits per heavy atom. The molecule has 0 aliphatic carbocycles. The number of aromatic nitrogens is 3. The molecule has 2 aromatic heterocycles. The Kier molecular flexibility index (Phi) is 4.71. The van der Waals surface area contributed by atoms with Crippen molar-refractivity contribution in [3.63, 3.8) is 0 Å². The fourth-order valence-corrected chi connectivity index (χ4v) is 1.85. The summed E-state index contributed by atoms with van der Waals surface area (Å²) in [7, 11) is 1.93. The highest BCUT2D eigenvalue weighted by molar-refractivity contribution is 5.85. The number of carboxylic acid groups (broad SMARTS) is 1. The summed E-state index contributed by atoms with van der Waals surface area (Å²) in [4.78, 5) is 19.1. The van der Waals surface area contributed by atoms with Gasteiger partial charge in [0.1, 0.15) is 17.3 Å². The van der Waals surface area contributed by atoms with E-state index in [1.165, 1.54) is 6.08 Å². The van der Waals surface area contributed by atoms with Gasteiger partial charge in [-0.2, -0.15) is 0 Å². The molecule has 0 fully saturated rings. The van der Waals surface area contributed by atoms with Crippen LogP contribution >= 0.6 is 0 Å². The summed E-state index contributed by atoms with van der Waals surface area (Å²) in [6.07, 6.45) is 6.77. The average molecular weight is 287 g/mol. The van der Waals surface area contributed by atoms with E-state index in [0.717, 1.165) is 17.6 Å². The van der Waals surface area contributed by atoms with Crippen molar-refractivity contribution in [1.29, 1.82) is 0 Å². The van der Waals surface area contributed by atoms with E-state index >= 15 is 0 Å². The number of hydrogen-bond acceptors (Lipinski definition) is 4. The second kappa shape index (κ2) is 6.69. The van der Waals surface area contributed by atoms with Gasteiger partial charge in [0, 0.05) is 37.6 Å². The second-order valence-electron chi connectivity index (χ2n) is 4.56. The maximum Gasteiger partial charge on any atom is 0.328 e. The largest absolute Gasteiger partial charge is 0.491 e. The Labute approximate surface area is 122 Å². The van der Waals surface area contributed by atoms with Crippen molar-refractivity contribution in [3.8, 4) is 5.75 Å². The molecule has 2 heterocycles. The predicted octanol–water partition coefficient (Wildman–Crippen LogP) is 1.84. The van der Waals surface area contributed by atoms with Crippen molar-refractivity contribution in [3.05, 3.63) is 47.8 Å². The Morgan fingerprint density at radius 1 is 1.48 bits per heavy atom. The van der Waals surface area contributed by atoms with Crippen molar-refractivity contribution >= 4 is 12.0 Å². The van der Waals surface area contributed by atoms with Gasteiger partial charge in [-0.05, 0) is 25.1 Å². The van der Waals surface area contributed by atoms with Gasteiger partial charge in [-0.1, -0.05) is 0 Å². The number of ether oxygens (including phenoxy) is 1. The van der Waals surface area contributed by atoms with Gasteiger partial charge in [0.25, 0.3) is 0 Å². The molecule has 0 aliphatic rings. The number of nitrogens with zero attached hydrogens (tertiary/aromatic N) is 3. The minimum atomic E-state index is -1.02. The van der Waals surface area contributed by atoms with Gasteiger partial charge in [-0.3, -0.25) is 0 Å². The van der Waals surface area contributed by atoms with Crippen LogP contribution in [0.5, 0.6) is 5.75 Å². The summed E-state index contributed by atoms with van der Waals surface area (Å²) in [5, 5.41) is 8.70.